The Balaban J connectivity index is 0.00000576. The number of halogens is 3. The summed E-state index contributed by atoms with van der Waals surface area (Å²) in [5, 5.41) is 6.25. The van der Waals surface area contributed by atoms with Crippen LogP contribution in [0, 0.1) is 17.6 Å². The summed E-state index contributed by atoms with van der Waals surface area (Å²) >= 11 is 0. The molecule has 0 saturated heterocycles. The van der Waals surface area contributed by atoms with Gasteiger partial charge in [-0.15, -0.1) is 24.0 Å². The minimum absolute atomic E-state index is 0. The van der Waals surface area contributed by atoms with Crippen molar-refractivity contribution in [2.45, 2.75) is 20.3 Å². The molecule has 0 aliphatic carbocycles. The molecule has 0 saturated carbocycles. The molecule has 0 heterocycles. The fourth-order valence-electron chi connectivity index (χ4n) is 1.83. The normalized spacial score (nSPS) is 11.2. The lowest BCUT2D eigenvalue weighted by atomic mass is 10.2. The molecule has 0 aliphatic heterocycles. The van der Waals surface area contributed by atoms with E-state index in [0.29, 0.717) is 37.4 Å². The molecule has 5 nitrogen and oxygen atoms in total. The van der Waals surface area contributed by atoms with E-state index in [1.54, 1.807) is 7.05 Å². The number of guanidine groups is 1. The van der Waals surface area contributed by atoms with Crippen molar-refractivity contribution < 1.29 is 18.3 Å². The molecule has 0 amide bonds. The molecule has 0 atom stereocenters. The van der Waals surface area contributed by atoms with Crippen LogP contribution in [0.5, 0.6) is 5.75 Å². The molecule has 0 fully saturated rings. The Morgan fingerprint density at radius 2 is 1.84 bits per heavy atom. The van der Waals surface area contributed by atoms with Crippen molar-refractivity contribution in [3.8, 4) is 5.75 Å². The lowest BCUT2D eigenvalue weighted by Gasteiger charge is -2.13. The Bertz CT molecular complexity index is 517. The summed E-state index contributed by atoms with van der Waals surface area (Å²) in [6.45, 7) is 7.27. The molecular formula is C17H28F2IN3O2. The van der Waals surface area contributed by atoms with Crippen molar-refractivity contribution in [1.82, 2.24) is 10.6 Å². The highest BCUT2D eigenvalue weighted by Crippen LogP contribution is 2.14. The van der Waals surface area contributed by atoms with Gasteiger partial charge in [0.1, 0.15) is 12.4 Å². The maximum absolute atomic E-state index is 13.0. The molecule has 2 N–H and O–H groups in total. The zero-order valence-electron chi connectivity index (χ0n) is 15.0. The van der Waals surface area contributed by atoms with Gasteiger partial charge in [-0.25, -0.2) is 8.78 Å². The first-order valence-corrected chi connectivity index (χ1v) is 8.13. The van der Waals surface area contributed by atoms with E-state index >= 15 is 0 Å². The van der Waals surface area contributed by atoms with Crippen LogP contribution in [0.4, 0.5) is 8.78 Å². The summed E-state index contributed by atoms with van der Waals surface area (Å²) in [6.07, 6.45) is 0.888. The van der Waals surface area contributed by atoms with Crippen LogP contribution in [-0.4, -0.2) is 45.9 Å². The van der Waals surface area contributed by atoms with Crippen molar-refractivity contribution in [3.05, 3.63) is 29.8 Å². The second-order valence-electron chi connectivity index (χ2n) is 5.67. The van der Waals surface area contributed by atoms with Crippen LogP contribution in [0.2, 0.25) is 0 Å². The Kier molecular flexibility index (Phi) is 13.4. The van der Waals surface area contributed by atoms with E-state index in [2.05, 4.69) is 29.5 Å². The first-order chi connectivity index (χ1) is 11.5. The maximum Gasteiger partial charge on any atom is 0.191 e. The van der Waals surface area contributed by atoms with Crippen LogP contribution in [-0.2, 0) is 4.74 Å². The molecule has 0 aliphatic rings. The van der Waals surface area contributed by atoms with Crippen LogP contribution >= 0.6 is 24.0 Å². The maximum atomic E-state index is 13.0. The highest BCUT2D eigenvalue weighted by Gasteiger charge is 2.03. The molecule has 0 radical (unpaired) electrons. The van der Waals surface area contributed by atoms with Crippen molar-refractivity contribution in [2.75, 3.05) is 40.0 Å². The Hall–Kier alpha value is -1.16. The average molecular weight is 471 g/mol. The lowest BCUT2D eigenvalue weighted by molar-refractivity contribution is 0.108. The molecule has 8 heteroatoms. The van der Waals surface area contributed by atoms with Crippen molar-refractivity contribution in [3.63, 3.8) is 0 Å². The van der Waals surface area contributed by atoms with Gasteiger partial charge in [0.25, 0.3) is 0 Å². The monoisotopic (exact) mass is 471 g/mol. The highest BCUT2D eigenvalue weighted by atomic mass is 127. The third-order valence-corrected chi connectivity index (χ3v) is 2.99. The number of hydrogen-bond acceptors (Lipinski definition) is 3. The first kappa shape index (κ1) is 23.8. The molecule has 25 heavy (non-hydrogen) atoms. The highest BCUT2D eigenvalue weighted by molar-refractivity contribution is 14.0. The fourth-order valence-corrected chi connectivity index (χ4v) is 1.83. The van der Waals surface area contributed by atoms with Gasteiger partial charge in [-0.05, 0) is 24.5 Å². The predicted molar refractivity (Wildman–Crippen MR) is 107 cm³/mol. The van der Waals surface area contributed by atoms with E-state index in [4.69, 9.17) is 9.47 Å². The summed E-state index contributed by atoms with van der Waals surface area (Å²) in [7, 11) is 1.68. The zero-order chi connectivity index (χ0) is 17.8. The number of nitrogens with one attached hydrogen (secondary N) is 2. The smallest absolute Gasteiger partial charge is 0.191 e. The molecule has 1 rings (SSSR count). The Morgan fingerprint density at radius 1 is 1.12 bits per heavy atom. The summed E-state index contributed by atoms with van der Waals surface area (Å²) < 4.78 is 36.7. The van der Waals surface area contributed by atoms with Gasteiger partial charge in [-0.3, -0.25) is 4.99 Å². The van der Waals surface area contributed by atoms with Crippen LogP contribution in [0.1, 0.15) is 20.3 Å². The van der Waals surface area contributed by atoms with E-state index in [9.17, 15) is 8.78 Å². The lowest BCUT2D eigenvalue weighted by Crippen LogP contribution is -2.39. The van der Waals surface area contributed by atoms with E-state index in [1.165, 1.54) is 6.07 Å². The number of hydrogen-bond donors (Lipinski definition) is 2. The minimum Gasteiger partial charge on any atom is -0.492 e. The SMILES string of the molecule is CN=C(NCCCOCC(C)C)NCCOc1ccc(F)c(F)c1.I. The van der Waals surface area contributed by atoms with Gasteiger partial charge >= 0.3 is 0 Å². The van der Waals surface area contributed by atoms with Gasteiger partial charge in [-0.1, -0.05) is 13.8 Å². The molecule has 0 bridgehead atoms. The van der Waals surface area contributed by atoms with Crippen molar-refractivity contribution >= 4 is 29.9 Å². The van der Waals surface area contributed by atoms with Crippen molar-refractivity contribution in [2.24, 2.45) is 10.9 Å². The number of rotatable bonds is 10. The van der Waals surface area contributed by atoms with Crippen LogP contribution in [0.3, 0.4) is 0 Å². The van der Waals surface area contributed by atoms with Gasteiger partial charge < -0.3 is 20.1 Å². The Labute approximate surface area is 165 Å². The topological polar surface area (TPSA) is 54.9 Å². The number of aliphatic imine (C=N–C) groups is 1. The standard InChI is InChI=1S/C17H27F2N3O2.HI/c1-13(2)12-23-9-4-7-21-17(20-3)22-8-10-24-14-5-6-15(18)16(19)11-14;/h5-6,11,13H,4,7-10,12H2,1-3H3,(H2,20,21,22);1H. The zero-order valence-corrected chi connectivity index (χ0v) is 17.3. The fraction of sp³-hybridized carbons (Fsp3) is 0.588. The van der Waals surface area contributed by atoms with Gasteiger partial charge in [0.05, 0.1) is 6.54 Å². The molecule has 0 aromatic heterocycles. The average Bonchev–Trinajstić information content (AvgIpc) is 2.55. The van der Waals surface area contributed by atoms with Gasteiger partial charge in [0, 0.05) is 32.9 Å². The summed E-state index contributed by atoms with van der Waals surface area (Å²) in [4.78, 5) is 4.09. The predicted octanol–water partition coefficient (Wildman–Crippen LogP) is 3.19. The van der Waals surface area contributed by atoms with Crippen molar-refractivity contribution in [1.29, 1.82) is 0 Å². The molecule has 0 unspecified atom stereocenters. The van der Waals surface area contributed by atoms with E-state index < -0.39 is 11.6 Å². The van der Waals surface area contributed by atoms with Crippen LogP contribution < -0.4 is 15.4 Å². The third kappa shape index (κ3) is 11.1. The van der Waals surface area contributed by atoms with Gasteiger partial charge in [0.15, 0.2) is 17.6 Å². The first-order valence-electron chi connectivity index (χ1n) is 8.13. The molecule has 1 aromatic carbocycles. The quantitative estimate of drug-likeness (QED) is 0.238. The van der Waals surface area contributed by atoms with Crippen LogP contribution in [0.15, 0.2) is 23.2 Å². The second kappa shape index (κ2) is 14.1. The molecular weight excluding hydrogens is 443 g/mol. The number of benzene rings is 1. The van der Waals surface area contributed by atoms with E-state index in [-0.39, 0.29) is 24.0 Å². The molecule has 144 valence electrons. The summed E-state index contributed by atoms with van der Waals surface area (Å²) in [6, 6.07) is 3.46. The number of nitrogens with zero attached hydrogens (tertiary/aromatic N) is 1. The number of ether oxygens (including phenoxy) is 2. The third-order valence-electron chi connectivity index (χ3n) is 2.99. The summed E-state index contributed by atoms with van der Waals surface area (Å²) in [5.41, 5.74) is 0. The van der Waals surface area contributed by atoms with Gasteiger partial charge in [-0.2, -0.15) is 0 Å². The van der Waals surface area contributed by atoms with E-state index in [1.807, 2.05) is 0 Å². The van der Waals surface area contributed by atoms with Crippen LogP contribution in [0.25, 0.3) is 0 Å². The second-order valence-corrected chi connectivity index (χ2v) is 5.67. The molecule has 0 spiro atoms. The van der Waals surface area contributed by atoms with Gasteiger partial charge in [0.2, 0.25) is 0 Å². The molecule has 1 aromatic rings. The minimum atomic E-state index is -0.919. The largest absolute Gasteiger partial charge is 0.492 e. The Morgan fingerprint density at radius 3 is 2.48 bits per heavy atom. The summed E-state index contributed by atoms with van der Waals surface area (Å²) in [5.74, 6) is -0.310. The van der Waals surface area contributed by atoms with E-state index in [0.717, 1.165) is 31.7 Å².